The monoisotopic (exact) mass is 295 g/mol. The number of nitrogens with one attached hydrogen (secondary N) is 1. The lowest BCUT2D eigenvalue weighted by Gasteiger charge is -2.03. The maximum absolute atomic E-state index is 12.1. The third kappa shape index (κ3) is 2.84. The third-order valence-electron chi connectivity index (χ3n) is 2.82. The topological polar surface area (TPSA) is 68.0 Å². The number of anilines is 1. The van der Waals surface area contributed by atoms with Gasteiger partial charge in [0.15, 0.2) is 0 Å². The molecule has 0 aliphatic rings. The number of hydrogen-bond donors (Lipinski definition) is 2. The van der Waals surface area contributed by atoms with Gasteiger partial charge in [0.25, 0.3) is 5.91 Å². The van der Waals surface area contributed by atoms with Crippen LogP contribution < -0.4 is 11.1 Å². The molecule has 0 unspecified atom stereocenters. The highest BCUT2D eigenvalue weighted by Gasteiger charge is 2.18. The molecule has 0 bridgehead atoms. The smallest absolute Gasteiger partial charge is 0.263 e. The summed E-state index contributed by atoms with van der Waals surface area (Å²) in [4.78, 5) is 17.9. The molecule has 0 atom stereocenters. The van der Waals surface area contributed by atoms with Crippen molar-refractivity contribution in [2.45, 2.75) is 13.8 Å². The van der Waals surface area contributed by atoms with Crippen LogP contribution in [0.25, 0.3) is 10.2 Å². The fourth-order valence-electron chi connectivity index (χ4n) is 1.98. The Kier molecular flexibility index (Phi) is 4.31. The van der Waals surface area contributed by atoms with Crippen molar-refractivity contribution in [1.29, 1.82) is 0 Å². The van der Waals surface area contributed by atoms with Crippen LogP contribution >= 0.6 is 23.1 Å². The van der Waals surface area contributed by atoms with Crippen molar-refractivity contribution in [3.63, 3.8) is 0 Å². The molecule has 0 spiro atoms. The molecule has 4 nitrogen and oxygen atoms in total. The van der Waals surface area contributed by atoms with Crippen LogP contribution in [0.5, 0.6) is 0 Å². The van der Waals surface area contributed by atoms with Crippen LogP contribution in [0.1, 0.15) is 20.9 Å². The van der Waals surface area contributed by atoms with Crippen molar-refractivity contribution in [2.75, 3.05) is 24.3 Å². The van der Waals surface area contributed by atoms with E-state index in [9.17, 15) is 4.79 Å². The zero-order chi connectivity index (χ0) is 14.0. The lowest BCUT2D eigenvalue weighted by Crippen LogP contribution is -2.25. The number of rotatable bonds is 4. The molecule has 2 aromatic rings. The average Bonchev–Trinajstić information content (AvgIpc) is 2.66. The molecule has 0 aliphatic heterocycles. The van der Waals surface area contributed by atoms with E-state index in [0.29, 0.717) is 17.1 Å². The fraction of sp³-hybridized carbons (Fsp3) is 0.385. The summed E-state index contributed by atoms with van der Waals surface area (Å²) in [6.45, 7) is 4.59. The second kappa shape index (κ2) is 5.79. The number of nitrogens with zero attached hydrogens (tertiary/aromatic N) is 1. The first kappa shape index (κ1) is 14.1. The molecule has 0 radical (unpaired) electrons. The van der Waals surface area contributed by atoms with E-state index in [4.69, 9.17) is 5.73 Å². The molecule has 2 aromatic heterocycles. The van der Waals surface area contributed by atoms with Crippen molar-refractivity contribution in [3.05, 3.63) is 22.2 Å². The Morgan fingerprint density at radius 3 is 2.95 bits per heavy atom. The van der Waals surface area contributed by atoms with Gasteiger partial charge in [0, 0.05) is 23.4 Å². The molecule has 0 saturated heterocycles. The number of carbonyl (C=O) groups is 1. The normalized spacial score (nSPS) is 10.9. The van der Waals surface area contributed by atoms with Crippen molar-refractivity contribution in [1.82, 2.24) is 10.3 Å². The summed E-state index contributed by atoms with van der Waals surface area (Å²) in [7, 11) is 0. The predicted molar refractivity (Wildman–Crippen MR) is 84.2 cm³/mol. The maximum atomic E-state index is 12.1. The fourth-order valence-corrected chi connectivity index (χ4v) is 3.42. The van der Waals surface area contributed by atoms with E-state index in [1.54, 1.807) is 11.8 Å². The van der Waals surface area contributed by atoms with Crippen LogP contribution in [0, 0.1) is 13.8 Å². The Hall–Kier alpha value is -1.27. The summed E-state index contributed by atoms with van der Waals surface area (Å²) in [6, 6.07) is 1.99. The van der Waals surface area contributed by atoms with Gasteiger partial charge in [-0.1, -0.05) is 0 Å². The molecule has 0 aliphatic carbocycles. The zero-order valence-corrected chi connectivity index (χ0v) is 12.9. The van der Waals surface area contributed by atoms with Crippen LogP contribution in [0.4, 0.5) is 5.69 Å². The van der Waals surface area contributed by atoms with Crippen molar-refractivity contribution < 1.29 is 4.79 Å². The van der Waals surface area contributed by atoms with Crippen LogP contribution in [0.15, 0.2) is 6.07 Å². The highest BCUT2D eigenvalue weighted by Crippen LogP contribution is 2.34. The van der Waals surface area contributed by atoms with E-state index in [-0.39, 0.29) is 5.91 Å². The SMILES string of the molecule is CSCCNC(=O)c1sc2nc(C)cc(C)c2c1N. The summed E-state index contributed by atoms with van der Waals surface area (Å²) in [5.74, 6) is 0.791. The highest BCUT2D eigenvalue weighted by atomic mass is 32.2. The summed E-state index contributed by atoms with van der Waals surface area (Å²) in [5.41, 5.74) is 8.66. The number of thiophene rings is 1. The van der Waals surface area contributed by atoms with Gasteiger partial charge in [-0.2, -0.15) is 11.8 Å². The number of fused-ring (bicyclic) bond motifs is 1. The Labute approximate surface area is 120 Å². The zero-order valence-electron chi connectivity index (χ0n) is 11.2. The summed E-state index contributed by atoms with van der Waals surface area (Å²) >= 11 is 3.06. The summed E-state index contributed by atoms with van der Waals surface area (Å²) in [6.07, 6.45) is 2.01. The summed E-state index contributed by atoms with van der Waals surface area (Å²) < 4.78 is 0. The van der Waals surface area contributed by atoms with Gasteiger partial charge in [0.05, 0.1) is 5.69 Å². The van der Waals surface area contributed by atoms with Gasteiger partial charge in [0.1, 0.15) is 9.71 Å². The van der Waals surface area contributed by atoms with E-state index >= 15 is 0 Å². The number of nitrogens with two attached hydrogens (primary N) is 1. The second-order valence-corrected chi connectivity index (χ2v) is 6.34. The largest absolute Gasteiger partial charge is 0.397 e. The van der Waals surface area contributed by atoms with E-state index in [0.717, 1.165) is 27.2 Å². The number of aromatic nitrogens is 1. The van der Waals surface area contributed by atoms with Crippen LogP contribution in [0.3, 0.4) is 0 Å². The Bertz CT molecular complexity index is 622. The minimum atomic E-state index is -0.105. The highest BCUT2D eigenvalue weighted by molar-refractivity contribution is 7.98. The third-order valence-corrected chi connectivity index (χ3v) is 4.53. The van der Waals surface area contributed by atoms with Gasteiger partial charge < -0.3 is 11.1 Å². The van der Waals surface area contributed by atoms with Gasteiger partial charge >= 0.3 is 0 Å². The van der Waals surface area contributed by atoms with Crippen LogP contribution in [-0.2, 0) is 0 Å². The van der Waals surface area contributed by atoms with Gasteiger partial charge in [-0.25, -0.2) is 4.98 Å². The Morgan fingerprint density at radius 1 is 1.53 bits per heavy atom. The minimum absolute atomic E-state index is 0.105. The number of thioether (sulfide) groups is 1. The first-order valence-electron chi connectivity index (χ1n) is 5.98. The predicted octanol–water partition coefficient (Wildman–Crippen LogP) is 2.59. The van der Waals surface area contributed by atoms with Crippen LogP contribution in [-0.4, -0.2) is 29.4 Å². The van der Waals surface area contributed by atoms with E-state index in [1.165, 1.54) is 11.3 Å². The number of aryl methyl sites for hydroxylation is 2. The molecule has 2 rings (SSSR count). The molecule has 2 heterocycles. The van der Waals surface area contributed by atoms with E-state index < -0.39 is 0 Å². The number of carbonyl (C=O) groups excluding carboxylic acids is 1. The number of pyridine rings is 1. The van der Waals surface area contributed by atoms with Gasteiger partial charge in [0.2, 0.25) is 0 Å². The number of nitrogen functional groups attached to an aromatic ring is 1. The number of amides is 1. The molecule has 0 fully saturated rings. The van der Waals surface area contributed by atoms with Crippen molar-refractivity contribution in [2.24, 2.45) is 0 Å². The first-order chi connectivity index (χ1) is 9.04. The lowest BCUT2D eigenvalue weighted by atomic mass is 10.1. The van der Waals surface area contributed by atoms with Gasteiger partial charge in [-0.05, 0) is 31.7 Å². The molecule has 6 heteroatoms. The van der Waals surface area contributed by atoms with Crippen molar-refractivity contribution in [3.8, 4) is 0 Å². The Morgan fingerprint density at radius 2 is 2.26 bits per heavy atom. The molecule has 3 N–H and O–H groups in total. The molecule has 0 saturated carbocycles. The van der Waals surface area contributed by atoms with E-state index in [1.807, 2.05) is 26.2 Å². The first-order valence-corrected chi connectivity index (χ1v) is 8.19. The summed E-state index contributed by atoms with van der Waals surface area (Å²) in [5, 5.41) is 3.79. The Balaban J connectivity index is 2.37. The van der Waals surface area contributed by atoms with Gasteiger partial charge in [-0.15, -0.1) is 11.3 Å². The number of hydrogen-bond acceptors (Lipinski definition) is 5. The molecule has 19 heavy (non-hydrogen) atoms. The van der Waals surface area contributed by atoms with Crippen LogP contribution in [0.2, 0.25) is 0 Å². The molecule has 0 aromatic carbocycles. The molecular formula is C13H17N3OS2. The minimum Gasteiger partial charge on any atom is -0.397 e. The second-order valence-electron chi connectivity index (χ2n) is 4.35. The van der Waals surface area contributed by atoms with Gasteiger partial charge in [-0.3, -0.25) is 4.79 Å². The standard InChI is InChI=1S/C13H17N3OS2/c1-7-6-8(2)16-13-9(7)10(14)11(19-13)12(17)15-4-5-18-3/h6H,4-5,14H2,1-3H3,(H,15,17). The lowest BCUT2D eigenvalue weighted by molar-refractivity contribution is 0.0961. The average molecular weight is 295 g/mol. The maximum Gasteiger partial charge on any atom is 0.263 e. The molecule has 102 valence electrons. The quantitative estimate of drug-likeness (QED) is 0.851. The molecule has 1 amide bonds. The van der Waals surface area contributed by atoms with Crippen molar-refractivity contribution >= 4 is 44.9 Å². The molecular weight excluding hydrogens is 278 g/mol. The van der Waals surface area contributed by atoms with E-state index in [2.05, 4.69) is 10.3 Å².